The Morgan fingerprint density at radius 2 is 2.04 bits per heavy atom. The summed E-state index contributed by atoms with van der Waals surface area (Å²) in [5.41, 5.74) is 0. The number of rotatable bonds is 8. The van der Waals surface area contributed by atoms with E-state index in [1.165, 1.54) is 23.9 Å². The topological polar surface area (TPSA) is 49.8 Å². The number of nitrogens with zero attached hydrogens (tertiary/aromatic N) is 1. The summed E-state index contributed by atoms with van der Waals surface area (Å²) in [7, 11) is 1.71. The Balaban J connectivity index is 2.17. The Morgan fingerprint density at radius 1 is 1.29 bits per heavy atom. The largest absolute Gasteiger partial charge is 0.480 e. The standard InChI is InChI=1S/C18H20FNO3S/c1-3-17(20(2)12-18(21)22)23-15-9-4-5-10-16(15)24-14-8-6-7-13(19)11-14/h4-11,17H,3,12H2,1-2H3,(H,21,22)/t17-/m0/s1. The van der Waals surface area contributed by atoms with Crippen LogP contribution in [0.3, 0.4) is 0 Å². The lowest BCUT2D eigenvalue weighted by Crippen LogP contribution is -2.39. The number of hydrogen-bond acceptors (Lipinski definition) is 4. The molecule has 2 aromatic carbocycles. The molecule has 0 saturated carbocycles. The van der Waals surface area contributed by atoms with Gasteiger partial charge in [0.2, 0.25) is 0 Å². The summed E-state index contributed by atoms with van der Waals surface area (Å²) in [4.78, 5) is 14.2. The van der Waals surface area contributed by atoms with Gasteiger partial charge in [-0.05, 0) is 43.8 Å². The van der Waals surface area contributed by atoms with Crippen molar-refractivity contribution in [2.75, 3.05) is 13.6 Å². The Labute approximate surface area is 145 Å². The summed E-state index contributed by atoms with van der Waals surface area (Å²) < 4.78 is 19.4. The maximum absolute atomic E-state index is 13.4. The van der Waals surface area contributed by atoms with E-state index in [2.05, 4.69) is 0 Å². The van der Waals surface area contributed by atoms with E-state index in [0.717, 1.165) is 9.79 Å². The van der Waals surface area contributed by atoms with E-state index in [1.807, 2.05) is 37.3 Å². The molecule has 2 rings (SSSR count). The van der Waals surface area contributed by atoms with Crippen LogP contribution in [-0.4, -0.2) is 35.8 Å². The van der Waals surface area contributed by atoms with Crippen LogP contribution in [0.5, 0.6) is 5.75 Å². The third-order valence-electron chi connectivity index (χ3n) is 3.36. The molecule has 0 aromatic heterocycles. The van der Waals surface area contributed by atoms with Crippen LogP contribution >= 0.6 is 11.8 Å². The fourth-order valence-electron chi connectivity index (χ4n) is 2.24. The molecule has 0 fully saturated rings. The van der Waals surface area contributed by atoms with Gasteiger partial charge in [-0.15, -0.1) is 0 Å². The molecule has 0 amide bonds. The van der Waals surface area contributed by atoms with Crippen molar-refractivity contribution in [2.24, 2.45) is 0 Å². The van der Waals surface area contributed by atoms with Gasteiger partial charge in [-0.25, -0.2) is 4.39 Å². The molecular weight excluding hydrogens is 329 g/mol. The molecule has 24 heavy (non-hydrogen) atoms. The van der Waals surface area contributed by atoms with Gasteiger partial charge in [-0.1, -0.05) is 36.9 Å². The maximum atomic E-state index is 13.4. The molecule has 0 heterocycles. The summed E-state index contributed by atoms with van der Waals surface area (Å²) >= 11 is 1.41. The second-order valence-electron chi connectivity index (χ2n) is 5.30. The molecule has 0 aliphatic heterocycles. The zero-order valence-electron chi connectivity index (χ0n) is 13.6. The summed E-state index contributed by atoms with van der Waals surface area (Å²) in [6, 6.07) is 13.8. The Kier molecular flexibility index (Phi) is 6.63. The molecule has 0 aliphatic rings. The zero-order valence-corrected chi connectivity index (χ0v) is 14.4. The second-order valence-corrected chi connectivity index (χ2v) is 6.41. The van der Waals surface area contributed by atoms with Crippen LogP contribution in [-0.2, 0) is 4.79 Å². The summed E-state index contributed by atoms with van der Waals surface area (Å²) in [5.74, 6) is -0.538. The van der Waals surface area contributed by atoms with Gasteiger partial charge in [0.05, 0.1) is 11.4 Å². The number of para-hydroxylation sites is 1. The molecule has 1 atom stereocenters. The lowest BCUT2D eigenvalue weighted by molar-refractivity contribution is -0.140. The van der Waals surface area contributed by atoms with Crippen molar-refractivity contribution in [1.29, 1.82) is 0 Å². The number of carbonyl (C=O) groups is 1. The van der Waals surface area contributed by atoms with Crippen molar-refractivity contribution in [3.8, 4) is 5.75 Å². The number of hydrogen-bond donors (Lipinski definition) is 1. The molecule has 0 unspecified atom stereocenters. The number of aliphatic carboxylic acids is 1. The van der Waals surface area contributed by atoms with Gasteiger partial charge in [0.15, 0.2) is 6.23 Å². The van der Waals surface area contributed by atoms with Crippen molar-refractivity contribution in [3.63, 3.8) is 0 Å². The van der Waals surface area contributed by atoms with E-state index in [0.29, 0.717) is 12.2 Å². The van der Waals surface area contributed by atoms with Crippen molar-refractivity contribution in [1.82, 2.24) is 4.90 Å². The van der Waals surface area contributed by atoms with Crippen LogP contribution in [0.15, 0.2) is 58.3 Å². The molecule has 0 spiro atoms. The lowest BCUT2D eigenvalue weighted by Gasteiger charge is -2.27. The Morgan fingerprint density at radius 3 is 2.71 bits per heavy atom. The van der Waals surface area contributed by atoms with Crippen LogP contribution in [0.4, 0.5) is 4.39 Å². The van der Waals surface area contributed by atoms with Gasteiger partial charge in [0.25, 0.3) is 0 Å². The molecule has 6 heteroatoms. The van der Waals surface area contributed by atoms with E-state index >= 15 is 0 Å². The highest BCUT2D eigenvalue weighted by Gasteiger charge is 2.18. The first-order valence-corrected chi connectivity index (χ1v) is 8.42. The number of benzene rings is 2. The molecular formula is C18H20FNO3S. The molecule has 0 saturated heterocycles. The third-order valence-corrected chi connectivity index (χ3v) is 4.41. The van der Waals surface area contributed by atoms with E-state index < -0.39 is 5.97 Å². The highest BCUT2D eigenvalue weighted by molar-refractivity contribution is 7.99. The molecule has 4 nitrogen and oxygen atoms in total. The second kappa shape index (κ2) is 8.70. The highest BCUT2D eigenvalue weighted by Crippen LogP contribution is 2.35. The van der Waals surface area contributed by atoms with Gasteiger partial charge in [0.1, 0.15) is 11.6 Å². The first-order valence-electron chi connectivity index (χ1n) is 7.60. The number of ether oxygens (including phenoxy) is 1. The minimum absolute atomic E-state index is 0.0995. The Hall–Kier alpha value is -2.05. The smallest absolute Gasteiger partial charge is 0.317 e. The lowest BCUT2D eigenvalue weighted by atomic mass is 10.3. The first-order chi connectivity index (χ1) is 11.5. The quantitative estimate of drug-likeness (QED) is 0.727. The number of carboxylic acid groups (broad SMARTS) is 1. The van der Waals surface area contributed by atoms with Crippen molar-refractivity contribution in [2.45, 2.75) is 29.4 Å². The summed E-state index contributed by atoms with van der Waals surface area (Å²) in [6.45, 7) is 1.84. The first kappa shape index (κ1) is 18.3. The SMILES string of the molecule is CC[C@H](Oc1ccccc1Sc1cccc(F)c1)N(C)CC(=O)O. The van der Waals surface area contributed by atoms with Crippen LogP contribution in [0.2, 0.25) is 0 Å². The number of carboxylic acids is 1. The summed E-state index contributed by atoms with van der Waals surface area (Å²) in [5, 5.41) is 8.93. The average molecular weight is 349 g/mol. The monoisotopic (exact) mass is 349 g/mol. The van der Waals surface area contributed by atoms with Crippen LogP contribution < -0.4 is 4.74 Å². The van der Waals surface area contributed by atoms with E-state index in [1.54, 1.807) is 18.0 Å². The number of halogens is 1. The Bertz CT molecular complexity index is 695. The molecule has 2 aromatic rings. The molecule has 0 bridgehead atoms. The highest BCUT2D eigenvalue weighted by atomic mass is 32.2. The van der Waals surface area contributed by atoms with E-state index in [-0.39, 0.29) is 18.6 Å². The maximum Gasteiger partial charge on any atom is 0.317 e. The van der Waals surface area contributed by atoms with Crippen molar-refractivity contribution < 1.29 is 19.0 Å². The fourth-order valence-corrected chi connectivity index (χ4v) is 3.17. The van der Waals surface area contributed by atoms with Gasteiger partial charge in [-0.2, -0.15) is 0 Å². The van der Waals surface area contributed by atoms with Crippen molar-refractivity contribution >= 4 is 17.7 Å². The van der Waals surface area contributed by atoms with Gasteiger partial charge >= 0.3 is 5.97 Å². The van der Waals surface area contributed by atoms with Crippen LogP contribution in [0.1, 0.15) is 13.3 Å². The van der Waals surface area contributed by atoms with Gasteiger partial charge in [-0.3, -0.25) is 9.69 Å². The normalized spacial score (nSPS) is 12.2. The van der Waals surface area contributed by atoms with Gasteiger partial charge < -0.3 is 9.84 Å². The van der Waals surface area contributed by atoms with E-state index in [4.69, 9.17) is 9.84 Å². The third kappa shape index (κ3) is 5.25. The molecule has 128 valence electrons. The van der Waals surface area contributed by atoms with Crippen molar-refractivity contribution in [3.05, 3.63) is 54.3 Å². The molecule has 0 aliphatic carbocycles. The molecule has 0 radical (unpaired) electrons. The van der Waals surface area contributed by atoms with E-state index in [9.17, 15) is 9.18 Å². The zero-order chi connectivity index (χ0) is 17.5. The molecule has 1 N–H and O–H groups in total. The minimum atomic E-state index is -0.901. The fraction of sp³-hybridized carbons (Fsp3) is 0.278. The van der Waals surface area contributed by atoms with Crippen LogP contribution in [0.25, 0.3) is 0 Å². The summed E-state index contributed by atoms with van der Waals surface area (Å²) in [6.07, 6.45) is 0.290. The minimum Gasteiger partial charge on any atom is -0.480 e. The number of likely N-dealkylation sites (N-methyl/N-ethyl adjacent to an activating group) is 1. The predicted molar refractivity (Wildman–Crippen MR) is 91.9 cm³/mol. The predicted octanol–water partition coefficient (Wildman–Crippen LogP) is 4.11. The van der Waals surface area contributed by atoms with Gasteiger partial charge in [0, 0.05) is 4.90 Å². The average Bonchev–Trinajstić information content (AvgIpc) is 2.53. The van der Waals surface area contributed by atoms with Crippen LogP contribution in [0, 0.1) is 5.82 Å².